The molecule has 2 aliphatic rings. The Balaban J connectivity index is 1.64. The van der Waals surface area contributed by atoms with Gasteiger partial charge in [-0.2, -0.15) is 0 Å². The van der Waals surface area contributed by atoms with Gasteiger partial charge in [0.15, 0.2) is 0 Å². The normalized spacial score (nSPS) is 23.5. The minimum absolute atomic E-state index is 0.00488. The van der Waals surface area contributed by atoms with Crippen molar-refractivity contribution in [2.75, 3.05) is 46.0 Å². The Morgan fingerprint density at radius 2 is 1.93 bits per heavy atom. The van der Waals surface area contributed by atoms with Gasteiger partial charge in [0.25, 0.3) is 5.91 Å². The number of hydrogen-bond acceptors (Lipinski definition) is 6. The number of ether oxygens (including phenoxy) is 2. The van der Waals surface area contributed by atoms with Crippen LogP contribution in [0.1, 0.15) is 27.5 Å². The molecule has 7 nitrogen and oxygen atoms in total. The first-order valence-electron chi connectivity index (χ1n) is 9.77. The second-order valence-electron chi connectivity index (χ2n) is 7.24. The molecule has 0 N–H and O–H groups in total. The molecule has 2 aliphatic heterocycles. The smallest absolute Gasteiger partial charge is 0.256 e. The predicted molar refractivity (Wildman–Crippen MR) is 104 cm³/mol. The summed E-state index contributed by atoms with van der Waals surface area (Å²) >= 11 is 0. The first-order chi connectivity index (χ1) is 13.7. The number of hydrogen-bond donors (Lipinski definition) is 0. The summed E-state index contributed by atoms with van der Waals surface area (Å²) in [5, 5.41) is 0. The van der Waals surface area contributed by atoms with Crippen molar-refractivity contribution in [2.24, 2.45) is 0 Å². The first kappa shape index (κ1) is 19.0. The van der Waals surface area contributed by atoms with Gasteiger partial charge < -0.3 is 14.4 Å². The quantitative estimate of drug-likeness (QED) is 0.802. The van der Waals surface area contributed by atoms with Crippen LogP contribution in [0.3, 0.4) is 0 Å². The van der Waals surface area contributed by atoms with Crippen LogP contribution in [0.5, 0.6) is 0 Å². The van der Waals surface area contributed by atoms with Gasteiger partial charge in [0, 0.05) is 51.0 Å². The van der Waals surface area contributed by atoms with Crippen LogP contribution in [-0.4, -0.2) is 77.8 Å². The molecule has 0 bridgehead atoms. The number of aryl methyl sites for hydroxylation is 1. The molecule has 2 atom stereocenters. The molecular weight excluding hydrogens is 356 g/mol. The maximum Gasteiger partial charge on any atom is 0.256 e. The van der Waals surface area contributed by atoms with Crippen LogP contribution >= 0.6 is 0 Å². The summed E-state index contributed by atoms with van der Waals surface area (Å²) in [6.07, 6.45) is 6.84. The van der Waals surface area contributed by atoms with Crippen LogP contribution < -0.4 is 0 Å². The second kappa shape index (κ2) is 8.77. The third-order valence-corrected chi connectivity index (χ3v) is 5.45. The largest absolute Gasteiger partial charge is 0.379 e. The van der Waals surface area contributed by atoms with Crippen LogP contribution in [0.15, 0.2) is 43.0 Å². The van der Waals surface area contributed by atoms with E-state index >= 15 is 0 Å². The molecule has 4 heterocycles. The van der Waals surface area contributed by atoms with E-state index in [2.05, 4.69) is 14.9 Å². The molecule has 28 heavy (non-hydrogen) atoms. The van der Waals surface area contributed by atoms with Gasteiger partial charge >= 0.3 is 0 Å². The van der Waals surface area contributed by atoms with Gasteiger partial charge in [0.2, 0.25) is 0 Å². The highest BCUT2D eigenvalue weighted by Crippen LogP contribution is 2.31. The molecule has 0 unspecified atom stereocenters. The summed E-state index contributed by atoms with van der Waals surface area (Å²) in [5.41, 5.74) is 2.57. The van der Waals surface area contributed by atoms with Gasteiger partial charge in [-0.25, -0.2) is 0 Å². The van der Waals surface area contributed by atoms with E-state index < -0.39 is 0 Å². The molecule has 2 saturated heterocycles. The van der Waals surface area contributed by atoms with Crippen molar-refractivity contribution in [1.82, 2.24) is 19.8 Å². The minimum Gasteiger partial charge on any atom is -0.379 e. The monoisotopic (exact) mass is 382 g/mol. The van der Waals surface area contributed by atoms with Gasteiger partial charge in [-0.1, -0.05) is 6.07 Å². The Hall–Kier alpha value is -2.35. The molecule has 0 radical (unpaired) electrons. The number of carbonyl (C=O) groups excluding carboxylic acids is 1. The van der Waals surface area contributed by atoms with Crippen molar-refractivity contribution in [3.8, 4) is 0 Å². The molecular formula is C21H26N4O3. The van der Waals surface area contributed by atoms with Crippen LogP contribution in [0, 0.1) is 6.92 Å². The van der Waals surface area contributed by atoms with Crippen molar-refractivity contribution in [3.05, 3.63) is 59.7 Å². The molecule has 2 fully saturated rings. The molecule has 0 saturated carbocycles. The summed E-state index contributed by atoms with van der Waals surface area (Å²) < 4.78 is 11.6. The third kappa shape index (κ3) is 4.06. The van der Waals surface area contributed by atoms with Gasteiger partial charge in [-0.05, 0) is 30.2 Å². The number of aromatic nitrogens is 2. The van der Waals surface area contributed by atoms with Crippen LogP contribution in [0.4, 0.5) is 0 Å². The lowest BCUT2D eigenvalue weighted by molar-refractivity contribution is -0.0819. The Bertz CT molecular complexity index is 795. The molecule has 7 heteroatoms. The zero-order valence-electron chi connectivity index (χ0n) is 16.2. The Morgan fingerprint density at radius 3 is 2.68 bits per heavy atom. The molecule has 2 aromatic rings. The average Bonchev–Trinajstić information content (AvgIpc) is 2.75. The van der Waals surface area contributed by atoms with E-state index in [9.17, 15) is 4.79 Å². The lowest BCUT2D eigenvalue weighted by Crippen LogP contribution is -2.53. The number of carbonyl (C=O) groups is 1. The van der Waals surface area contributed by atoms with Crippen molar-refractivity contribution >= 4 is 5.91 Å². The Labute approximate surface area is 165 Å². The third-order valence-electron chi connectivity index (χ3n) is 5.45. The van der Waals surface area contributed by atoms with Gasteiger partial charge in [-0.15, -0.1) is 0 Å². The fourth-order valence-electron chi connectivity index (χ4n) is 3.94. The van der Waals surface area contributed by atoms with E-state index in [1.54, 1.807) is 18.6 Å². The van der Waals surface area contributed by atoms with Gasteiger partial charge in [0.1, 0.15) is 0 Å². The van der Waals surface area contributed by atoms with Crippen molar-refractivity contribution in [2.45, 2.75) is 19.1 Å². The number of nitrogens with zero attached hydrogens (tertiary/aromatic N) is 4. The van der Waals surface area contributed by atoms with Crippen molar-refractivity contribution in [1.29, 1.82) is 0 Å². The molecule has 2 aromatic heterocycles. The van der Waals surface area contributed by atoms with E-state index in [1.807, 2.05) is 36.2 Å². The maximum atomic E-state index is 13.4. The number of amides is 1. The highest BCUT2D eigenvalue weighted by Gasteiger charge is 2.38. The molecule has 0 aromatic carbocycles. The Morgan fingerprint density at radius 1 is 1.11 bits per heavy atom. The summed E-state index contributed by atoms with van der Waals surface area (Å²) in [5.74, 6) is -0.00488. The second-order valence-corrected chi connectivity index (χ2v) is 7.24. The summed E-state index contributed by atoms with van der Waals surface area (Å²) in [6, 6.07) is 5.62. The lowest BCUT2D eigenvalue weighted by atomic mass is 9.97. The Kier molecular flexibility index (Phi) is 5.95. The van der Waals surface area contributed by atoms with Crippen LogP contribution in [-0.2, 0) is 9.47 Å². The van der Waals surface area contributed by atoms with E-state index in [1.165, 1.54) is 0 Å². The van der Waals surface area contributed by atoms with Crippen LogP contribution in [0.2, 0.25) is 0 Å². The molecule has 4 rings (SSSR count). The summed E-state index contributed by atoms with van der Waals surface area (Å²) in [7, 11) is 0. The van der Waals surface area contributed by atoms with E-state index in [4.69, 9.17) is 9.47 Å². The summed E-state index contributed by atoms with van der Waals surface area (Å²) in [6.45, 7) is 7.02. The van der Waals surface area contributed by atoms with Crippen LogP contribution in [0.25, 0.3) is 0 Å². The van der Waals surface area contributed by atoms with Gasteiger partial charge in [0.05, 0.1) is 37.5 Å². The van der Waals surface area contributed by atoms with Crippen molar-refractivity contribution < 1.29 is 14.3 Å². The highest BCUT2D eigenvalue weighted by atomic mass is 16.5. The van der Waals surface area contributed by atoms with Crippen molar-refractivity contribution in [3.63, 3.8) is 0 Å². The molecule has 148 valence electrons. The minimum atomic E-state index is -0.183. The number of morpholine rings is 2. The summed E-state index contributed by atoms with van der Waals surface area (Å²) in [4.78, 5) is 26.1. The number of pyridine rings is 2. The first-order valence-corrected chi connectivity index (χ1v) is 9.77. The van der Waals surface area contributed by atoms with E-state index in [-0.39, 0.29) is 18.1 Å². The lowest BCUT2D eigenvalue weighted by Gasteiger charge is -2.43. The predicted octanol–water partition coefficient (Wildman–Crippen LogP) is 1.70. The van der Waals surface area contributed by atoms with E-state index in [0.717, 1.165) is 44.0 Å². The standard InChI is InChI=1S/C21H26N4O3/c1-16-4-6-23-14-18(16)21(26)25-9-12-28-19(15-24-7-10-27-11-8-24)20(25)17-3-2-5-22-13-17/h2-6,13-14,19-20H,7-12,15H2,1H3/t19-,20-/m0/s1. The zero-order chi connectivity index (χ0) is 19.3. The average molecular weight is 382 g/mol. The number of rotatable bonds is 4. The molecule has 0 aliphatic carbocycles. The van der Waals surface area contributed by atoms with E-state index in [0.29, 0.717) is 18.7 Å². The fourth-order valence-corrected chi connectivity index (χ4v) is 3.94. The topological polar surface area (TPSA) is 67.8 Å². The SMILES string of the molecule is Cc1ccncc1C(=O)N1CCO[C@@H](CN2CCOCC2)[C@@H]1c1cccnc1. The molecule has 0 spiro atoms. The zero-order valence-corrected chi connectivity index (χ0v) is 16.2. The molecule has 1 amide bonds. The maximum absolute atomic E-state index is 13.4. The fraction of sp³-hybridized carbons (Fsp3) is 0.476. The van der Waals surface area contributed by atoms with Gasteiger partial charge in [-0.3, -0.25) is 19.7 Å². The highest BCUT2D eigenvalue weighted by molar-refractivity contribution is 5.95.